The van der Waals surface area contributed by atoms with Crippen molar-refractivity contribution in [1.29, 1.82) is 0 Å². The predicted octanol–water partition coefficient (Wildman–Crippen LogP) is 4.30. The summed E-state index contributed by atoms with van der Waals surface area (Å²) in [7, 11) is 0. The maximum atomic E-state index is 4.59. The largest absolute Gasteiger partial charge is 0.240 e. The zero-order valence-electron chi connectivity index (χ0n) is 11.6. The van der Waals surface area contributed by atoms with Gasteiger partial charge in [-0.1, -0.05) is 51.1 Å². The molecular weight excluding hydrogens is 232 g/mol. The van der Waals surface area contributed by atoms with Gasteiger partial charge in [0, 0.05) is 11.8 Å². The third-order valence-electron chi connectivity index (χ3n) is 3.42. The average Bonchev–Trinajstić information content (AvgIpc) is 2.81. The maximum Gasteiger partial charge on any atom is 0.0933 e. The van der Waals surface area contributed by atoms with Crippen LogP contribution in [0.4, 0.5) is 0 Å². The zero-order valence-corrected chi connectivity index (χ0v) is 11.6. The number of hydrogen-bond donors (Lipinski definition) is 0. The normalized spacial score (nSPS) is 11.9. The van der Waals surface area contributed by atoms with Crippen LogP contribution in [0.15, 0.2) is 54.7 Å². The Morgan fingerprint density at radius 2 is 1.68 bits per heavy atom. The Balaban J connectivity index is 2.02. The Labute approximate surface area is 113 Å². The van der Waals surface area contributed by atoms with Gasteiger partial charge in [0.25, 0.3) is 0 Å². The molecule has 0 saturated heterocycles. The molecule has 0 aliphatic heterocycles. The van der Waals surface area contributed by atoms with Crippen LogP contribution in [0.3, 0.4) is 0 Å². The minimum Gasteiger partial charge on any atom is -0.240 e. The number of aromatic nitrogens is 2. The highest BCUT2D eigenvalue weighted by Crippen LogP contribution is 2.26. The number of pyridine rings is 1. The van der Waals surface area contributed by atoms with E-state index >= 15 is 0 Å². The van der Waals surface area contributed by atoms with Gasteiger partial charge in [-0.15, -0.1) is 0 Å². The highest BCUT2D eigenvalue weighted by molar-refractivity contribution is 5.66. The summed E-state index contributed by atoms with van der Waals surface area (Å²) in [6, 6.07) is 16.9. The fourth-order valence-corrected chi connectivity index (χ4v) is 2.22. The van der Waals surface area contributed by atoms with Gasteiger partial charge in [-0.25, -0.2) is 4.52 Å². The van der Waals surface area contributed by atoms with Crippen LogP contribution in [-0.4, -0.2) is 9.61 Å². The van der Waals surface area contributed by atoms with E-state index in [1.54, 1.807) is 0 Å². The van der Waals surface area contributed by atoms with E-state index < -0.39 is 0 Å². The Kier molecular flexibility index (Phi) is 2.67. The molecule has 0 radical (unpaired) electrons. The molecule has 96 valence electrons. The Hall–Kier alpha value is -2.09. The molecule has 0 saturated carbocycles. The molecule has 2 nitrogen and oxygen atoms in total. The first kappa shape index (κ1) is 12.0. The summed E-state index contributed by atoms with van der Waals surface area (Å²) in [5.41, 5.74) is 4.85. The van der Waals surface area contributed by atoms with Crippen LogP contribution in [0.2, 0.25) is 0 Å². The molecule has 0 amide bonds. The first-order valence-corrected chi connectivity index (χ1v) is 6.59. The van der Waals surface area contributed by atoms with Gasteiger partial charge >= 0.3 is 0 Å². The van der Waals surface area contributed by atoms with Crippen molar-refractivity contribution in [3.63, 3.8) is 0 Å². The summed E-state index contributed by atoms with van der Waals surface area (Å²) >= 11 is 0. The molecule has 0 fully saturated rings. The van der Waals surface area contributed by atoms with Crippen molar-refractivity contribution in [2.45, 2.75) is 26.2 Å². The molecule has 19 heavy (non-hydrogen) atoms. The first-order chi connectivity index (χ1) is 9.04. The molecule has 0 atom stereocenters. The second-order valence-electron chi connectivity index (χ2n) is 5.93. The molecule has 0 bridgehead atoms. The number of hydrogen-bond acceptors (Lipinski definition) is 1. The smallest absolute Gasteiger partial charge is 0.0933 e. The summed E-state index contributed by atoms with van der Waals surface area (Å²) < 4.78 is 1.91. The van der Waals surface area contributed by atoms with Crippen LogP contribution in [0.25, 0.3) is 16.8 Å². The Morgan fingerprint density at radius 1 is 0.947 bits per heavy atom. The molecule has 0 aliphatic carbocycles. The van der Waals surface area contributed by atoms with Crippen molar-refractivity contribution in [2.75, 3.05) is 0 Å². The van der Waals surface area contributed by atoms with Crippen LogP contribution < -0.4 is 0 Å². The van der Waals surface area contributed by atoms with Gasteiger partial charge < -0.3 is 0 Å². The van der Waals surface area contributed by atoms with Crippen molar-refractivity contribution in [3.8, 4) is 11.3 Å². The molecule has 0 aliphatic rings. The quantitative estimate of drug-likeness (QED) is 0.629. The lowest BCUT2D eigenvalue weighted by Crippen LogP contribution is -2.10. The number of rotatable bonds is 1. The van der Waals surface area contributed by atoms with E-state index in [4.69, 9.17) is 0 Å². The fraction of sp³-hybridized carbons (Fsp3) is 0.235. The summed E-state index contributed by atoms with van der Waals surface area (Å²) in [6.45, 7) is 6.69. The van der Waals surface area contributed by atoms with Gasteiger partial charge in [0.2, 0.25) is 0 Å². The van der Waals surface area contributed by atoms with Crippen molar-refractivity contribution >= 4 is 5.52 Å². The predicted molar refractivity (Wildman–Crippen MR) is 79.3 cm³/mol. The van der Waals surface area contributed by atoms with E-state index in [1.807, 2.05) is 22.8 Å². The summed E-state index contributed by atoms with van der Waals surface area (Å²) in [5.74, 6) is 0. The molecular formula is C17H18N2. The van der Waals surface area contributed by atoms with Crippen LogP contribution in [-0.2, 0) is 5.41 Å². The Morgan fingerprint density at radius 3 is 2.32 bits per heavy atom. The van der Waals surface area contributed by atoms with E-state index in [-0.39, 0.29) is 5.41 Å². The van der Waals surface area contributed by atoms with E-state index in [1.165, 1.54) is 5.56 Å². The van der Waals surface area contributed by atoms with Crippen molar-refractivity contribution in [1.82, 2.24) is 9.61 Å². The highest BCUT2D eigenvalue weighted by Gasteiger charge is 2.13. The van der Waals surface area contributed by atoms with Gasteiger partial charge in [-0.05, 0) is 29.2 Å². The van der Waals surface area contributed by atoms with E-state index in [0.29, 0.717) is 0 Å². The molecule has 1 aromatic carbocycles. The monoisotopic (exact) mass is 250 g/mol. The maximum absolute atomic E-state index is 4.59. The van der Waals surface area contributed by atoms with Crippen LogP contribution in [0.5, 0.6) is 0 Å². The lowest BCUT2D eigenvalue weighted by Gasteiger charge is -2.18. The lowest BCUT2D eigenvalue weighted by molar-refractivity contribution is 0.590. The van der Waals surface area contributed by atoms with Crippen LogP contribution in [0.1, 0.15) is 26.3 Å². The second-order valence-corrected chi connectivity index (χ2v) is 5.93. The average molecular weight is 250 g/mol. The molecule has 0 unspecified atom stereocenters. The van der Waals surface area contributed by atoms with Crippen LogP contribution in [0, 0.1) is 0 Å². The van der Waals surface area contributed by atoms with Gasteiger partial charge in [-0.3, -0.25) is 0 Å². The van der Waals surface area contributed by atoms with Crippen molar-refractivity contribution in [3.05, 3.63) is 60.3 Å². The molecule has 2 aromatic heterocycles. The van der Waals surface area contributed by atoms with Crippen molar-refractivity contribution < 1.29 is 0 Å². The molecule has 2 heterocycles. The summed E-state index contributed by atoms with van der Waals surface area (Å²) in [5, 5.41) is 4.59. The first-order valence-electron chi connectivity index (χ1n) is 6.59. The molecule has 3 rings (SSSR count). The topological polar surface area (TPSA) is 17.3 Å². The summed E-state index contributed by atoms with van der Waals surface area (Å²) in [4.78, 5) is 0. The molecule has 3 aromatic rings. The fourth-order valence-electron chi connectivity index (χ4n) is 2.22. The molecule has 0 N–H and O–H groups in total. The van der Waals surface area contributed by atoms with Crippen LogP contribution >= 0.6 is 0 Å². The number of benzene rings is 1. The molecule has 0 spiro atoms. The van der Waals surface area contributed by atoms with Crippen molar-refractivity contribution in [2.24, 2.45) is 0 Å². The van der Waals surface area contributed by atoms with Gasteiger partial charge in [0.15, 0.2) is 0 Å². The minimum atomic E-state index is 0.192. The standard InChI is InChI=1S/C17H18N2/c1-17(2,3)14-9-7-13(8-10-14)16-12-15-6-4-5-11-19(15)18-16/h4-12H,1-3H3. The zero-order chi connectivity index (χ0) is 13.5. The lowest BCUT2D eigenvalue weighted by atomic mass is 9.86. The number of nitrogens with zero attached hydrogens (tertiary/aromatic N) is 2. The SMILES string of the molecule is CC(C)(C)c1ccc(-c2cc3ccccn3n2)cc1. The highest BCUT2D eigenvalue weighted by atomic mass is 15.2. The summed E-state index contributed by atoms with van der Waals surface area (Å²) in [6.07, 6.45) is 1.97. The third-order valence-corrected chi connectivity index (χ3v) is 3.42. The van der Waals surface area contributed by atoms with E-state index in [2.05, 4.69) is 62.3 Å². The second kappa shape index (κ2) is 4.23. The van der Waals surface area contributed by atoms with Gasteiger partial charge in [-0.2, -0.15) is 5.10 Å². The number of fused-ring (bicyclic) bond motifs is 1. The third kappa shape index (κ3) is 2.26. The van der Waals surface area contributed by atoms with Gasteiger partial charge in [0.05, 0.1) is 11.2 Å². The van der Waals surface area contributed by atoms with Gasteiger partial charge in [0.1, 0.15) is 0 Å². The molecule has 2 heteroatoms. The Bertz CT molecular complexity index is 667. The van der Waals surface area contributed by atoms with E-state index in [9.17, 15) is 0 Å². The minimum absolute atomic E-state index is 0.192. The van der Waals surface area contributed by atoms with E-state index in [0.717, 1.165) is 16.8 Å².